The summed E-state index contributed by atoms with van der Waals surface area (Å²) < 4.78 is 0. The second-order valence-corrected chi connectivity index (χ2v) is 4.45. The molecule has 88 valence electrons. The molecule has 0 aliphatic carbocycles. The zero-order valence-corrected chi connectivity index (χ0v) is 9.95. The van der Waals surface area contributed by atoms with Gasteiger partial charge in [0, 0.05) is 5.38 Å². The van der Waals surface area contributed by atoms with E-state index in [0.717, 1.165) is 0 Å². The van der Waals surface area contributed by atoms with Crippen molar-refractivity contribution in [1.29, 1.82) is 0 Å². The third-order valence-corrected chi connectivity index (χ3v) is 2.24. The Morgan fingerprint density at radius 2 is 2.38 bits per heavy atom. The SMILES string of the molecule is CC(C)CON=C(C(N)=O)c1csc(N)n1. The first kappa shape index (κ1) is 12.4. The number of nitrogens with zero attached hydrogens (tertiary/aromatic N) is 2. The molecule has 16 heavy (non-hydrogen) atoms. The number of amides is 1. The highest BCUT2D eigenvalue weighted by Crippen LogP contribution is 2.12. The molecule has 1 aromatic rings. The molecule has 0 aliphatic heterocycles. The van der Waals surface area contributed by atoms with Gasteiger partial charge in [0.15, 0.2) is 10.8 Å². The number of aromatic nitrogens is 1. The Labute approximate surface area is 97.3 Å². The quantitative estimate of drug-likeness (QED) is 0.582. The second kappa shape index (κ2) is 5.45. The summed E-state index contributed by atoms with van der Waals surface area (Å²) in [4.78, 5) is 20.0. The minimum Gasteiger partial charge on any atom is -0.395 e. The van der Waals surface area contributed by atoms with E-state index in [0.29, 0.717) is 23.4 Å². The van der Waals surface area contributed by atoms with E-state index in [1.54, 1.807) is 5.38 Å². The maximum atomic E-state index is 11.1. The highest BCUT2D eigenvalue weighted by molar-refractivity contribution is 7.13. The maximum absolute atomic E-state index is 11.1. The lowest BCUT2D eigenvalue weighted by atomic mass is 10.2. The van der Waals surface area contributed by atoms with Crippen molar-refractivity contribution in [1.82, 2.24) is 4.98 Å². The van der Waals surface area contributed by atoms with Gasteiger partial charge in [-0.25, -0.2) is 4.98 Å². The number of carbonyl (C=O) groups is 1. The summed E-state index contributed by atoms with van der Waals surface area (Å²) in [6, 6.07) is 0. The first-order chi connectivity index (χ1) is 7.50. The van der Waals surface area contributed by atoms with E-state index in [9.17, 15) is 4.79 Å². The Morgan fingerprint density at radius 3 is 2.81 bits per heavy atom. The molecule has 0 aliphatic rings. The predicted molar refractivity (Wildman–Crippen MR) is 63.0 cm³/mol. The lowest BCUT2D eigenvalue weighted by Gasteiger charge is -2.03. The van der Waals surface area contributed by atoms with Crippen LogP contribution in [0.3, 0.4) is 0 Å². The van der Waals surface area contributed by atoms with Gasteiger partial charge < -0.3 is 16.3 Å². The highest BCUT2D eigenvalue weighted by atomic mass is 32.1. The van der Waals surface area contributed by atoms with E-state index in [2.05, 4.69) is 10.1 Å². The van der Waals surface area contributed by atoms with Gasteiger partial charge in [-0.1, -0.05) is 19.0 Å². The lowest BCUT2D eigenvalue weighted by molar-refractivity contribution is -0.112. The topological polar surface area (TPSA) is 104 Å². The Kier molecular flexibility index (Phi) is 4.24. The second-order valence-electron chi connectivity index (χ2n) is 3.56. The van der Waals surface area contributed by atoms with Gasteiger partial charge in [-0.05, 0) is 5.92 Å². The number of hydrogen-bond acceptors (Lipinski definition) is 6. The van der Waals surface area contributed by atoms with E-state index in [1.807, 2.05) is 13.8 Å². The van der Waals surface area contributed by atoms with E-state index in [1.165, 1.54) is 11.3 Å². The zero-order chi connectivity index (χ0) is 12.1. The van der Waals surface area contributed by atoms with E-state index < -0.39 is 5.91 Å². The minimum atomic E-state index is -0.686. The van der Waals surface area contributed by atoms with Crippen LogP contribution in [0.4, 0.5) is 5.13 Å². The van der Waals surface area contributed by atoms with Crippen molar-refractivity contribution >= 4 is 28.1 Å². The number of oxime groups is 1. The molecule has 0 fully saturated rings. The fraction of sp³-hybridized carbons (Fsp3) is 0.444. The average molecular weight is 242 g/mol. The van der Waals surface area contributed by atoms with Crippen LogP contribution in [0.2, 0.25) is 0 Å². The van der Waals surface area contributed by atoms with Crippen LogP contribution in [-0.4, -0.2) is 23.2 Å². The predicted octanol–water partition coefficient (Wildman–Crippen LogP) is 0.587. The summed E-state index contributed by atoms with van der Waals surface area (Å²) in [5.41, 5.74) is 11.0. The Bertz CT molecular complexity index is 400. The molecule has 0 saturated carbocycles. The summed E-state index contributed by atoms with van der Waals surface area (Å²) in [5, 5.41) is 5.64. The minimum absolute atomic E-state index is 0.00593. The molecule has 7 heteroatoms. The van der Waals surface area contributed by atoms with Crippen LogP contribution in [0, 0.1) is 5.92 Å². The standard InChI is InChI=1S/C9H14N4O2S/c1-5(2)3-15-13-7(8(10)14)6-4-16-9(11)12-6/h4-5H,3H2,1-2H3,(H2,10,14)(H2,11,12). The number of hydrogen-bond donors (Lipinski definition) is 2. The molecule has 0 radical (unpaired) electrons. The fourth-order valence-corrected chi connectivity index (χ4v) is 1.41. The Hall–Kier alpha value is -1.63. The number of carbonyl (C=O) groups excluding carboxylic acids is 1. The number of nitrogen functional groups attached to an aromatic ring is 1. The molecular formula is C9H14N4O2S. The molecule has 0 aromatic carbocycles. The molecule has 1 rings (SSSR count). The molecule has 0 saturated heterocycles. The van der Waals surface area contributed by atoms with Gasteiger partial charge >= 0.3 is 0 Å². The number of anilines is 1. The zero-order valence-electron chi connectivity index (χ0n) is 9.14. The van der Waals surface area contributed by atoms with Gasteiger partial charge in [-0.2, -0.15) is 0 Å². The van der Waals surface area contributed by atoms with Crippen LogP contribution < -0.4 is 11.5 Å². The highest BCUT2D eigenvalue weighted by Gasteiger charge is 2.14. The summed E-state index contributed by atoms with van der Waals surface area (Å²) in [7, 11) is 0. The van der Waals surface area contributed by atoms with Gasteiger partial charge in [0.1, 0.15) is 12.3 Å². The van der Waals surface area contributed by atoms with Crippen LogP contribution in [-0.2, 0) is 9.63 Å². The van der Waals surface area contributed by atoms with Gasteiger partial charge in [0.2, 0.25) is 0 Å². The molecule has 0 bridgehead atoms. The van der Waals surface area contributed by atoms with E-state index in [-0.39, 0.29) is 5.71 Å². The summed E-state index contributed by atoms with van der Waals surface area (Å²) in [6.07, 6.45) is 0. The monoisotopic (exact) mass is 242 g/mol. The van der Waals surface area contributed by atoms with Gasteiger partial charge in [-0.3, -0.25) is 4.79 Å². The van der Waals surface area contributed by atoms with Crippen molar-refractivity contribution < 1.29 is 9.63 Å². The van der Waals surface area contributed by atoms with Crippen molar-refractivity contribution in [2.24, 2.45) is 16.8 Å². The maximum Gasteiger partial charge on any atom is 0.273 e. The van der Waals surface area contributed by atoms with Crippen molar-refractivity contribution in [3.8, 4) is 0 Å². The lowest BCUT2D eigenvalue weighted by Crippen LogP contribution is -2.25. The summed E-state index contributed by atoms with van der Waals surface area (Å²) >= 11 is 1.21. The number of primary amides is 1. The molecule has 6 nitrogen and oxygen atoms in total. The van der Waals surface area contributed by atoms with Crippen molar-refractivity contribution in [3.05, 3.63) is 11.1 Å². The van der Waals surface area contributed by atoms with Crippen molar-refractivity contribution in [2.45, 2.75) is 13.8 Å². The number of thiazole rings is 1. The van der Waals surface area contributed by atoms with Crippen LogP contribution in [0.5, 0.6) is 0 Å². The Balaban J connectivity index is 2.79. The van der Waals surface area contributed by atoms with Gasteiger partial charge in [0.05, 0.1) is 0 Å². The van der Waals surface area contributed by atoms with Crippen LogP contribution in [0.1, 0.15) is 19.5 Å². The van der Waals surface area contributed by atoms with Gasteiger partial charge in [-0.15, -0.1) is 11.3 Å². The first-order valence-corrected chi connectivity index (χ1v) is 5.59. The summed E-state index contributed by atoms with van der Waals surface area (Å²) in [5.74, 6) is -0.368. The Morgan fingerprint density at radius 1 is 1.69 bits per heavy atom. The summed E-state index contributed by atoms with van der Waals surface area (Å²) in [6.45, 7) is 4.36. The first-order valence-electron chi connectivity index (χ1n) is 4.71. The number of rotatable bonds is 5. The molecular weight excluding hydrogens is 228 g/mol. The van der Waals surface area contributed by atoms with Crippen LogP contribution in [0.15, 0.2) is 10.5 Å². The van der Waals surface area contributed by atoms with E-state index >= 15 is 0 Å². The normalized spacial score (nSPS) is 11.8. The molecule has 1 aromatic heterocycles. The van der Waals surface area contributed by atoms with Crippen LogP contribution >= 0.6 is 11.3 Å². The molecule has 0 atom stereocenters. The third kappa shape index (κ3) is 3.50. The fourth-order valence-electron chi connectivity index (χ4n) is 0.865. The molecule has 1 amide bonds. The van der Waals surface area contributed by atoms with Crippen molar-refractivity contribution in [2.75, 3.05) is 12.3 Å². The molecule has 4 N–H and O–H groups in total. The van der Waals surface area contributed by atoms with E-state index in [4.69, 9.17) is 16.3 Å². The smallest absolute Gasteiger partial charge is 0.273 e. The molecule has 0 unspecified atom stereocenters. The molecule has 1 heterocycles. The molecule has 0 spiro atoms. The number of nitrogens with two attached hydrogens (primary N) is 2. The largest absolute Gasteiger partial charge is 0.395 e. The van der Waals surface area contributed by atoms with Crippen molar-refractivity contribution in [3.63, 3.8) is 0 Å². The van der Waals surface area contributed by atoms with Crippen LogP contribution in [0.25, 0.3) is 0 Å². The third-order valence-electron chi connectivity index (χ3n) is 1.56. The average Bonchev–Trinajstić information content (AvgIpc) is 2.58. The van der Waals surface area contributed by atoms with Gasteiger partial charge in [0.25, 0.3) is 5.91 Å².